The topological polar surface area (TPSA) is 92.3 Å². The van der Waals surface area contributed by atoms with Crippen LogP contribution in [0.5, 0.6) is 5.75 Å². The predicted octanol–water partition coefficient (Wildman–Crippen LogP) is 2.87. The number of carbonyl (C=O) groups is 1. The van der Waals surface area contributed by atoms with Crippen LogP contribution in [0, 0.1) is 11.3 Å². The molecule has 1 aromatic heterocycles. The Hall–Kier alpha value is -3.33. The van der Waals surface area contributed by atoms with E-state index in [4.69, 9.17) is 4.74 Å². The van der Waals surface area contributed by atoms with E-state index in [-0.39, 0.29) is 5.56 Å². The van der Waals surface area contributed by atoms with Crippen molar-refractivity contribution in [2.24, 2.45) is 0 Å². The minimum atomic E-state index is -1.28. The lowest BCUT2D eigenvalue weighted by atomic mass is 9.90. The molecule has 1 aliphatic rings. The lowest BCUT2D eigenvalue weighted by Gasteiger charge is -2.36. The van der Waals surface area contributed by atoms with E-state index in [9.17, 15) is 20.0 Å². The summed E-state index contributed by atoms with van der Waals surface area (Å²) >= 11 is 0. The lowest BCUT2D eigenvalue weighted by Crippen LogP contribution is -2.37. The third-order valence-corrected chi connectivity index (χ3v) is 4.41. The molecule has 6 nitrogen and oxygen atoms in total. The van der Waals surface area contributed by atoms with Gasteiger partial charge in [-0.15, -0.1) is 0 Å². The van der Waals surface area contributed by atoms with Gasteiger partial charge in [0.05, 0.1) is 17.3 Å². The second-order valence-electron chi connectivity index (χ2n) is 6.31. The van der Waals surface area contributed by atoms with E-state index < -0.39 is 17.1 Å². The molecule has 2 heterocycles. The summed E-state index contributed by atoms with van der Waals surface area (Å²) in [5.74, 6) is -0.743. The van der Waals surface area contributed by atoms with Gasteiger partial charge in [0.1, 0.15) is 16.9 Å². The number of aromatic nitrogens is 1. The SMILES string of the molecule is CC1=C(n2cccc(C(=O)O)c2=O)c2cc(C#N)ccc2OC1(C)C. The fourth-order valence-electron chi connectivity index (χ4n) is 2.86. The molecule has 25 heavy (non-hydrogen) atoms. The maximum atomic E-state index is 12.7. The fraction of sp³-hybridized carbons (Fsp3) is 0.211. The molecule has 1 N–H and O–H groups in total. The summed E-state index contributed by atoms with van der Waals surface area (Å²) in [6, 6.07) is 9.83. The van der Waals surface area contributed by atoms with Crippen molar-refractivity contribution >= 4 is 11.7 Å². The van der Waals surface area contributed by atoms with Crippen molar-refractivity contribution in [3.63, 3.8) is 0 Å². The van der Waals surface area contributed by atoms with E-state index in [1.807, 2.05) is 20.8 Å². The van der Waals surface area contributed by atoms with Crippen LogP contribution in [-0.2, 0) is 0 Å². The summed E-state index contributed by atoms with van der Waals surface area (Å²) in [5, 5.41) is 18.4. The van der Waals surface area contributed by atoms with Crippen molar-refractivity contribution in [3.8, 4) is 11.8 Å². The molecule has 0 spiro atoms. The van der Waals surface area contributed by atoms with E-state index >= 15 is 0 Å². The Bertz CT molecular complexity index is 1020. The van der Waals surface area contributed by atoms with Crippen LogP contribution in [-0.4, -0.2) is 21.2 Å². The monoisotopic (exact) mass is 336 g/mol. The first kappa shape index (κ1) is 16.5. The summed E-state index contributed by atoms with van der Waals surface area (Å²) in [6.07, 6.45) is 1.53. The molecule has 1 aliphatic heterocycles. The number of hydrogen-bond donors (Lipinski definition) is 1. The second kappa shape index (κ2) is 5.64. The zero-order chi connectivity index (χ0) is 18.4. The molecule has 0 bridgehead atoms. The highest BCUT2D eigenvalue weighted by molar-refractivity contribution is 5.87. The Morgan fingerprint density at radius 2 is 2.04 bits per heavy atom. The molecule has 6 heteroatoms. The molecule has 1 aromatic carbocycles. The van der Waals surface area contributed by atoms with Gasteiger partial charge in [-0.2, -0.15) is 5.26 Å². The van der Waals surface area contributed by atoms with Gasteiger partial charge >= 0.3 is 5.97 Å². The number of aromatic carboxylic acids is 1. The third kappa shape index (κ3) is 2.60. The maximum absolute atomic E-state index is 12.7. The van der Waals surface area contributed by atoms with Crippen LogP contribution in [0.1, 0.15) is 42.3 Å². The normalized spacial score (nSPS) is 15.1. The number of rotatable bonds is 2. The van der Waals surface area contributed by atoms with Gasteiger partial charge in [-0.25, -0.2) is 4.79 Å². The van der Waals surface area contributed by atoms with Crippen molar-refractivity contribution in [2.45, 2.75) is 26.4 Å². The molecule has 0 aliphatic carbocycles. The highest BCUT2D eigenvalue weighted by Crippen LogP contribution is 2.41. The zero-order valence-corrected chi connectivity index (χ0v) is 14.0. The highest BCUT2D eigenvalue weighted by atomic mass is 16.5. The number of hydrogen-bond acceptors (Lipinski definition) is 4. The Kier molecular flexibility index (Phi) is 3.73. The van der Waals surface area contributed by atoms with E-state index in [0.717, 1.165) is 5.57 Å². The van der Waals surface area contributed by atoms with Crippen LogP contribution in [0.25, 0.3) is 5.70 Å². The summed E-state index contributed by atoms with van der Waals surface area (Å²) in [4.78, 5) is 24.0. The van der Waals surface area contributed by atoms with Crippen molar-refractivity contribution in [1.29, 1.82) is 5.26 Å². The summed E-state index contributed by atoms with van der Waals surface area (Å²) in [7, 11) is 0. The van der Waals surface area contributed by atoms with Gasteiger partial charge in [0, 0.05) is 11.8 Å². The minimum absolute atomic E-state index is 0.315. The molecule has 0 saturated carbocycles. The van der Waals surface area contributed by atoms with Crippen LogP contribution < -0.4 is 10.3 Å². The van der Waals surface area contributed by atoms with Crippen molar-refractivity contribution in [2.75, 3.05) is 0 Å². The molecular weight excluding hydrogens is 320 g/mol. The van der Waals surface area contributed by atoms with Gasteiger partial charge in [-0.05, 0) is 56.7 Å². The number of ether oxygens (including phenoxy) is 1. The molecule has 3 rings (SSSR count). The zero-order valence-electron chi connectivity index (χ0n) is 14.0. The van der Waals surface area contributed by atoms with Gasteiger partial charge in [0.25, 0.3) is 5.56 Å². The fourth-order valence-corrected chi connectivity index (χ4v) is 2.86. The number of carboxylic acids is 1. The number of nitrogens with zero attached hydrogens (tertiary/aromatic N) is 2. The Morgan fingerprint density at radius 1 is 1.32 bits per heavy atom. The van der Waals surface area contributed by atoms with Gasteiger partial charge in [-0.1, -0.05) is 0 Å². The molecule has 0 unspecified atom stereocenters. The average Bonchev–Trinajstić information content (AvgIpc) is 2.56. The second-order valence-corrected chi connectivity index (χ2v) is 6.31. The Balaban J connectivity index is 2.38. The first-order chi connectivity index (χ1) is 11.8. The lowest BCUT2D eigenvalue weighted by molar-refractivity contribution is 0.0694. The molecule has 0 amide bonds. The quantitative estimate of drug-likeness (QED) is 0.910. The Morgan fingerprint density at radius 3 is 2.68 bits per heavy atom. The van der Waals surface area contributed by atoms with Crippen LogP contribution >= 0.6 is 0 Å². The van der Waals surface area contributed by atoms with Gasteiger partial charge in [-0.3, -0.25) is 9.36 Å². The van der Waals surface area contributed by atoms with Crippen LogP contribution in [0.4, 0.5) is 0 Å². The maximum Gasteiger partial charge on any atom is 0.341 e. The summed E-state index contributed by atoms with van der Waals surface area (Å²) < 4.78 is 7.31. The molecule has 0 saturated heterocycles. The minimum Gasteiger partial charge on any atom is -0.483 e. The van der Waals surface area contributed by atoms with Crippen molar-refractivity contribution < 1.29 is 14.6 Å². The number of pyridine rings is 1. The standard InChI is InChI=1S/C19H16N2O4/c1-11-16(21-8-4-5-13(17(21)22)18(23)24)14-9-12(10-20)6-7-15(14)25-19(11,2)3/h4-9H,1-3H3,(H,23,24). The molecule has 126 valence electrons. The average molecular weight is 336 g/mol. The van der Waals surface area contributed by atoms with Crippen molar-refractivity contribution in [3.05, 3.63) is 69.1 Å². The van der Waals surface area contributed by atoms with Crippen LogP contribution in [0.2, 0.25) is 0 Å². The van der Waals surface area contributed by atoms with Gasteiger partial charge in [0.2, 0.25) is 0 Å². The molecule has 0 fully saturated rings. The number of carboxylic acid groups (broad SMARTS) is 1. The molecule has 0 atom stereocenters. The van der Waals surface area contributed by atoms with Crippen LogP contribution in [0.15, 0.2) is 46.9 Å². The summed E-state index contributed by atoms with van der Waals surface area (Å²) in [5.41, 5.74) is 0.682. The van der Waals surface area contributed by atoms with Crippen molar-refractivity contribution in [1.82, 2.24) is 4.57 Å². The van der Waals surface area contributed by atoms with E-state index in [1.54, 1.807) is 18.2 Å². The summed E-state index contributed by atoms with van der Waals surface area (Å²) in [6.45, 7) is 5.57. The number of fused-ring (bicyclic) bond motifs is 1. The number of benzene rings is 1. The van der Waals surface area contributed by atoms with E-state index in [1.165, 1.54) is 22.9 Å². The smallest absolute Gasteiger partial charge is 0.341 e. The van der Waals surface area contributed by atoms with Gasteiger partial charge < -0.3 is 9.84 Å². The first-order valence-corrected chi connectivity index (χ1v) is 7.66. The predicted molar refractivity (Wildman–Crippen MR) is 91.5 cm³/mol. The third-order valence-electron chi connectivity index (χ3n) is 4.41. The molecular formula is C19H16N2O4. The Labute approximate surface area is 144 Å². The van der Waals surface area contributed by atoms with Gasteiger partial charge in [0.15, 0.2) is 0 Å². The first-order valence-electron chi connectivity index (χ1n) is 7.66. The van der Waals surface area contributed by atoms with E-state index in [2.05, 4.69) is 6.07 Å². The number of nitriles is 1. The van der Waals surface area contributed by atoms with E-state index in [0.29, 0.717) is 22.6 Å². The molecule has 2 aromatic rings. The molecule has 0 radical (unpaired) electrons. The largest absolute Gasteiger partial charge is 0.483 e. The van der Waals surface area contributed by atoms with Crippen LogP contribution in [0.3, 0.4) is 0 Å². The highest BCUT2D eigenvalue weighted by Gasteiger charge is 2.34.